The molecule has 36 heavy (non-hydrogen) atoms. The maximum absolute atomic E-state index is 13.2. The molecule has 2 aromatic heterocycles. The van der Waals surface area contributed by atoms with Crippen LogP contribution in [-0.2, 0) is 27.5 Å². The molecule has 0 radical (unpaired) electrons. The van der Waals surface area contributed by atoms with Gasteiger partial charge in [0, 0.05) is 24.9 Å². The molecule has 1 aliphatic heterocycles. The molecule has 190 valence electrons. The van der Waals surface area contributed by atoms with E-state index in [1.165, 1.54) is 4.68 Å². The number of anilines is 1. The number of hydrogen-bond donors (Lipinski definition) is 2. The first-order chi connectivity index (χ1) is 17.1. The van der Waals surface area contributed by atoms with Gasteiger partial charge in [-0.2, -0.15) is 9.78 Å². The van der Waals surface area contributed by atoms with Crippen LogP contribution in [0.2, 0.25) is 0 Å². The summed E-state index contributed by atoms with van der Waals surface area (Å²) in [4.78, 5) is 30.0. The highest BCUT2D eigenvalue weighted by atomic mass is 32.2. The number of pyridine rings is 1. The molecule has 0 bridgehead atoms. The van der Waals surface area contributed by atoms with Crippen molar-refractivity contribution in [3.8, 4) is 11.6 Å². The third-order valence-corrected chi connectivity index (χ3v) is 6.50. The molecule has 3 aromatic rings. The van der Waals surface area contributed by atoms with Crippen molar-refractivity contribution < 1.29 is 22.7 Å². The van der Waals surface area contributed by atoms with Gasteiger partial charge in [0.25, 0.3) is 5.91 Å². The highest BCUT2D eigenvalue weighted by molar-refractivity contribution is 7.91. The van der Waals surface area contributed by atoms with Crippen molar-refractivity contribution in [2.75, 3.05) is 23.9 Å². The molecule has 0 saturated carbocycles. The van der Waals surface area contributed by atoms with Gasteiger partial charge >= 0.3 is 0 Å². The minimum absolute atomic E-state index is 0.107. The van der Waals surface area contributed by atoms with Crippen LogP contribution in [0.25, 0.3) is 5.82 Å². The van der Waals surface area contributed by atoms with Gasteiger partial charge in [-0.05, 0) is 56.0 Å². The molecule has 1 aromatic carbocycles. The molecule has 0 spiro atoms. The summed E-state index contributed by atoms with van der Waals surface area (Å²) in [6, 6.07) is 11.3. The standard InChI is InChI=1S/C25H29N5O5S/c1-4-35-19-7-5-6-17(12-19)9-10-18-13-20-23(25(32)27-18)24(28-22(31)15-36(3,33)34)30(29-20)21-11-8-16(2)14-26-21/h5-8,11-12,14,18H,4,9-10,13,15H2,1-3H3,(H,27,32)(H,28,31)/t18-/m0/s1. The molecule has 0 saturated heterocycles. The summed E-state index contributed by atoms with van der Waals surface area (Å²) in [5, 5.41) is 10.2. The molecule has 0 aliphatic carbocycles. The first-order valence-corrected chi connectivity index (χ1v) is 13.7. The van der Waals surface area contributed by atoms with Gasteiger partial charge in [-0.1, -0.05) is 18.2 Å². The number of rotatable bonds is 9. The molecule has 1 aliphatic rings. The lowest BCUT2D eigenvalue weighted by molar-refractivity contribution is -0.113. The maximum Gasteiger partial charge on any atom is 0.257 e. The number of nitrogens with zero attached hydrogens (tertiary/aromatic N) is 3. The van der Waals surface area contributed by atoms with E-state index in [9.17, 15) is 18.0 Å². The van der Waals surface area contributed by atoms with Crippen LogP contribution in [0.1, 0.15) is 40.5 Å². The smallest absolute Gasteiger partial charge is 0.257 e. The van der Waals surface area contributed by atoms with E-state index < -0.39 is 21.5 Å². The minimum atomic E-state index is -3.56. The lowest BCUT2D eigenvalue weighted by Gasteiger charge is -2.23. The normalized spacial score (nSPS) is 15.2. The number of amides is 2. The number of aromatic nitrogens is 3. The molecule has 10 nitrogen and oxygen atoms in total. The summed E-state index contributed by atoms with van der Waals surface area (Å²) in [6.07, 6.45) is 4.51. The van der Waals surface area contributed by atoms with Crippen molar-refractivity contribution in [2.24, 2.45) is 0 Å². The summed E-state index contributed by atoms with van der Waals surface area (Å²) in [5.41, 5.74) is 2.77. The Kier molecular flexibility index (Phi) is 7.39. The van der Waals surface area contributed by atoms with E-state index in [1.54, 1.807) is 12.3 Å². The Morgan fingerprint density at radius 1 is 1.28 bits per heavy atom. The number of aryl methyl sites for hydroxylation is 2. The molecule has 0 unspecified atom stereocenters. The van der Waals surface area contributed by atoms with Crippen LogP contribution in [0, 0.1) is 6.92 Å². The second-order valence-corrected chi connectivity index (χ2v) is 11.0. The van der Waals surface area contributed by atoms with Crippen LogP contribution < -0.4 is 15.4 Å². The van der Waals surface area contributed by atoms with Crippen LogP contribution in [0.15, 0.2) is 42.6 Å². The summed E-state index contributed by atoms with van der Waals surface area (Å²) in [6.45, 7) is 4.42. The fourth-order valence-electron chi connectivity index (χ4n) is 4.13. The quantitative estimate of drug-likeness (QED) is 0.450. The van der Waals surface area contributed by atoms with Gasteiger partial charge in [-0.25, -0.2) is 13.4 Å². The lowest BCUT2D eigenvalue weighted by Crippen LogP contribution is -2.41. The molecule has 11 heteroatoms. The lowest BCUT2D eigenvalue weighted by atomic mass is 9.96. The number of nitrogens with one attached hydrogen (secondary N) is 2. The van der Waals surface area contributed by atoms with Gasteiger partial charge < -0.3 is 15.4 Å². The van der Waals surface area contributed by atoms with Crippen molar-refractivity contribution >= 4 is 27.5 Å². The Labute approximate surface area is 210 Å². The van der Waals surface area contributed by atoms with E-state index in [1.807, 2.05) is 44.2 Å². The van der Waals surface area contributed by atoms with E-state index in [0.29, 0.717) is 31.0 Å². The molecular formula is C25H29N5O5S. The average molecular weight is 512 g/mol. The van der Waals surface area contributed by atoms with Crippen LogP contribution in [0.4, 0.5) is 5.82 Å². The zero-order valence-electron chi connectivity index (χ0n) is 20.4. The van der Waals surface area contributed by atoms with E-state index in [0.717, 1.165) is 29.6 Å². The highest BCUT2D eigenvalue weighted by Crippen LogP contribution is 2.28. The number of carbonyl (C=O) groups is 2. The number of hydrogen-bond acceptors (Lipinski definition) is 7. The fourth-order valence-corrected chi connectivity index (χ4v) is 4.68. The average Bonchev–Trinajstić information content (AvgIpc) is 3.16. The summed E-state index contributed by atoms with van der Waals surface area (Å²) < 4.78 is 30.2. The van der Waals surface area contributed by atoms with Gasteiger partial charge in [0.05, 0.1) is 12.3 Å². The Bertz CT molecular complexity index is 1380. The highest BCUT2D eigenvalue weighted by Gasteiger charge is 2.33. The van der Waals surface area contributed by atoms with Crippen LogP contribution >= 0.6 is 0 Å². The molecule has 2 N–H and O–H groups in total. The molecule has 1 atom stereocenters. The number of ether oxygens (including phenoxy) is 1. The predicted octanol–water partition coefficient (Wildman–Crippen LogP) is 2.24. The molecular weight excluding hydrogens is 482 g/mol. The van der Waals surface area contributed by atoms with Crippen LogP contribution in [-0.4, -0.2) is 59.7 Å². The Hall–Kier alpha value is -3.73. The Morgan fingerprint density at radius 3 is 2.78 bits per heavy atom. The molecule has 0 fully saturated rings. The summed E-state index contributed by atoms with van der Waals surface area (Å²) in [7, 11) is -3.56. The van der Waals surface area contributed by atoms with E-state index in [4.69, 9.17) is 4.74 Å². The zero-order chi connectivity index (χ0) is 25.9. The van der Waals surface area contributed by atoms with Crippen molar-refractivity contribution in [3.05, 3.63) is 65.0 Å². The van der Waals surface area contributed by atoms with Crippen LogP contribution in [0.5, 0.6) is 5.75 Å². The second kappa shape index (κ2) is 10.5. The summed E-state index contributed by atoms with van der Waals surface area (Å²) in [5.74, 6) is -0.518. The Balaban J connectivity index is 1.60. The first-order valence-electron chi connectivity index (χ1n) is 11.7. The Morgan fingerprint density at radius 2 is 2.08 bits per heavy atom. The zero-order valence-corrected chi connectivity index (χ0v) is 21.3. The molecule has 3 heterocycles. The topological polar surface area (TPSA) is 132 Å². The number of benzene rings is 1. The van der Waals surface area contributed by atoms with Crippen molar-refractivity contribution in [1.29, 1.82) is 0 Å². The van der Waals surface area contributed by atoms with Gasteiger partial charge in [0.2, 0.25) is 5.91 Å². The maximum atomic E-state index is 13.2. The van der Waals surface area contributed by atoms with Gasteiger partial charge in [0.15, 0.2) is 21.5 Å². The van der Waals surface area contributed by atoms with Gasteiger partial charge in [-0.3, -0.25) is 9.59 Å². The first kappa shape index (κ1) is 25.4. The van der Waals surface area contributed by atoms with Crippen molar-refractivity contribution in [3.63, 3.8) is 0 Å². The second-order valence-electron chi connectivity index (χ2n) is 8.89. The van der Waals surface area contributed by atoms with Gasteiger partial charge in [-0.15, -0.1) is 0 Å². The van der Waals surface area contributed by atoms with E-state index in [2.05, 4.69) is 20.7 Å². The summed E-state index contributed by atoms with van der Waals surface area (Å²) >= 11 is 0. The number of fused-ring (bicyclic) bond motifs is 1. The molecule has 4 rings (SSSR count). The number of sulfone groups is 1. The third-order valence-electron chi connectivity index (χ3n) is 5.71. The minimum Gasteiger partial charge on any atom is -0.494 e. The van der Waals surface area contributed by atoms with Crippen molar-refractivity contribution in [2.45, 2.75) is 39.2 Å². The molecule has 2 amide bonds. The van der Waals surface area contributed by atoms with E-state index in [-0.39, 0.29) is 23.3 Å². The van der Waals surface area contributed by atoms with Crippen molar-refractivity contribution in [1.82, 2.24) is 20.1 Å². The monoisotopic (exact) mass is 511 g/mol. The predicted molar refractivity (Wildman–Crippen MR) is 135 cm³/mol. The van der Waals surface area contributed by atoms with Gasteiger partial charge in [0.1, 0.15) is 17.1 Å². The third kappa shape index (κ3) is 6.09. The largest absolute Gasteiger partial charge is 0.494 e. The fraction of sp³-hybridized carbons (Fsp3) is 0.360. The van der Waals surface area contributed by atoms with E-state index >= 15 is 0 Å². The number of carbonyl (C=O) groups excluding carboxylic acids is 2. The SMILES string of the molecule is CCOc1cccc(CC[C@H]2Cc3nn(-c4ccc(C)cn4)c(NC(=O)CS(C)(=O)=O)c3C(=O)N2)c1. The van der Waals surface area contributed by atoms with Crippen LogP contribution in [0.3, 0.4) is 0 Å².